The van der Waals surface area contributed by atoms with Crippen LogP contribution in [0.4, 0.5) is 0 Å². The summed E-state index contributed by atoms with van der Waals surface area (Å²) in [7, 11) is -7.06. The molecule has 1 atom stereocenters. The maximum atomic E-state index is 13.0. The van der Waals surface area contributed by atoms with E-state index >= 15 is 0 Å². The van der Waals surface area contributed by atoms with E-state index in [1.165, 1.54) is 8.61 Å². The average Bonchev–Trinajstić information content (AvgIpc) is 3.41. The van der Waals surface area contributed by atoms with Gasteiger partial charge in [-0.25, -0.2) is 16.8 Å². The fourth-order valence-electron chi connectivity index (χ4n) is 4.61. The molecule has 2 saturated heterocycles. The number of nitrogens with zero attached hydrogens (tertiary/aromatic N) is 2. The molecule has 0 radical (unpaired) electrons. The summed E-state index contributed by atoms with van der Waals surface area (Å²) in [5.74, 6) is -0.543. The quantitative estimate of drug-likeness (QED) is 0.577. The lowest BCUT2D eigenvalue weighted by Crippen LogP contribution is -2.45. The van der Waals surface area contributed by atoms with Crippen molar-refractivity contribution in [1.82, 2.24) is 13.9 Å². The zero-order chi connectivity index (χ0) is 25.1. The molecule has 8 nitrogen and oxygen atoms in total. The average molecular weight is 520 g/mol. The Morgan fingerprint density at radius 3 is 2.00 bits per heavy atom. The van der Waals surface area contributed by atoms with E-state index in [1.54, 1.807) is 48.5 Å². The Hall–Kier alpha value is -2.27. The summed E-state index contributed by atoms with van der Waals surface area (Å²) in [6, 6.07) is 13.6. The number of amides is 1. The van der Waals surface area contributed by atoms with Crippen LogP contribution < -0.4 is 5.32 Å². The summed E-state index contributed by atoms with van der Waals surface area (Å²) >= 11 is 0. The highest BCUT2D eigenvalue weighted by molar-refractivity contribution is 7.89. The normalized spacial score (nSPS) is 20.1. The summed E-state index contributed by atoms with van der Waals surface area (Å²) in [6.45, 7) is 4.03. The summed E-state index contributed by atoms with van der Waals surface area (Å²) < 4.78 is 54.2. The van der Waals surface area contributed by atoms with Gasteiger partial charge in [-0.2, -0.15) is 8.61 Å². The van der Waals surface area contributed by atoms with Crippen molar-refractivity contribution < 1.29 is 21.6 Å². The van der Waals surface area contributed by atoms with E-state index < -0.39 is 26.0 Å². The molecule has 0 saturated carbocycles. The number of piperidine rings is 1. The van der Waals surface area contributed by atoms with E-state index in [0.717, 1.165) is 24.0 Å². The van der Waals surface area contributed by atoms with Crippen LogP contribution in [0.5, 0.6) is 0 Å². The number of benzene rings is 2. The lowest BCUT2D eigenvalue weighted by Gasteiger charge is -2.31. The van der Waals surface area contributed by atoms with Crippen LogP contribution in [0, 0.1) is 12.8 Å². The van der Waals surface area contributed by atoms with E-state index in [4.69, 9.17) is 0 Å². The fourth-order valence-corrected chi connectivity index (χ4v) is 7.65. The van der Waals surface area contributed by atoms with Gasteiger partial charge in [-0.1, -0.05) is 29.8 Å². The molecule has 35 heavy (non-hydrogen) atoms. The Bertz CT molecular complexity index is 1240. The Morgan fingerprint density at radius 1 is 0.829 bits per heavy atom. The molecule has 2 aromatic rings. The first-order valence-electron chi connectivity index (χ1n) is 12.1. The van der Waals surface area contributed by atoms with Gasteiger partial charge in [0.2, 0.25) is 26.0 Å². The predicted molar refractivity (Wildman–Crippen MR) is 134 cm³/mol. The van der Waals surface area contributed by atoms with Crippen LogP contribution >= 0.6 is 0 Å². The molecule has 0 spiro atoms. The van der Waals surface area contributed by atoms with Gasteiger partial charge in [0.15, 0.2) is 0 Å². The van der Waals surface area contributed by atoms with Crippen LogP contribution in [0.1, 0.15) is 36.8 Å². The number of sulfonamides is 2. The maximum Gasteiger partial charge on any atom is 0.243 e. The second-order valence-electron chi connectivity index (χ2n) is 9.31. The number of carbonyl (C=O) groups is 1. The molecule has 0 aromatic heterocycles. The van der Waals surface area contributed by atoms with E-state index in [0.29, 0.717) is 50.3 Å². The minimum Gasteiger partial charge on any atom is -0.355 e. The van der Waals surface area contributed by atoms with Crippen molar-refractivity contribution in [1.29, 1.82) is 0 Å². The highest BCUT2D eigenvalue weighted by Crippen LogP contribution is 2.24. The SMILES string of the molecule is Cc1ccc(S(=O)(=O)N2CCCC(C(=O)NCCc3ccc(S(=O)(=O)N4CCCC4)cc3)C2)cc1. The topological polar surface area (TPSA) is 104 Å². The molecule has 2 aliphatic heterocycles. The molecule has 0 aliphatic carbocycles. The van der Waals surface area contributed by atoms with Crippen molar-refractivity contribution in [3.8, 4) is 0 Å². The molecule has 1 N–H and O–H groups in total. The lowest BCUT2D eigenvalue weighted by atomic mass is 9.99. The first-order chi connectivity index (χ1) is 16.7. The van der Waals surface area contributed by atoms with Gasteiger partial charge < -0.3 is 5.32 Å². The van der Waals surface area contributed by atoms with Gasteiger partial charge in [0, 0.05) is 32.7 Å². The molecule has 2 fully saturated rings. The van der Waals surface area contributed by atoms with Gasteiger partial charge in [-0.15, -0.1) is 0 Å². The third-order valence-corrected chi connectivity index (χ3v) is 10.5. The number of rotatable bonds is 8. The monoisotopic (exact) mass is 519 g/mol. The van der Waals surface area contributed by atoms with Gasteiger partial charge in [0.05, 0.1) is 15.7 Å². The van der Waals surface area contributed by atoms with Crippen molar-refractivity contribution in [3.63, 3.8) is 0 Å². The Labute approximate surface area is 208 Å². The standard InChI is InChI=1S/C25H33N3O5S2/c1-20-6-10-23(11-7-20)35(32,33)28-18-4-5-22(19-28)25(29)26-15-14-21-8-12-24(13-9-21)34(30,31)27-16-2-3-17-27/h6-13,22H,2-5,14-19H2,1H3,(H,26,29). The summed E-state index contributed by atoms with van der Waals surface area (Å²) in [5, 5.41) is 2.92. The van der Waals surface area contributed by atoms with Crippen LogP contribution in [0.3, 0.4) is 0 Å². The van der Waals surface area contributed by atoms with Crippen molar-refractivity contribution in [2.45, 2.75) is 48.8 Å². The molecule has 1 amide bonds. The molecule has 190 valence electrons. The number of nitrogens with one attached hydrogen (secondary N) is 1. The summed E-state index contributed by atoms with van der Waals surface area (Å²) in [6.07, 6.45) is 3.64. The molecule has 10 heteroatoms. The maximum absolute atomic E-state index is 13.0. The highest BCUT2D eigenvalue weighted by Gasteiger charge is 2.33. The number of hydrogen-bond acceptors (Lipinski definition) is 5. The molecule has 4 rings (SSSR count). The van der Waals surface area contributed by atoms with Crippen LogP contribution in [0.2, 0.25) is 0 Å². The molecule has 2 aromatic carbocycles. The number of aryl methyl sites for hydroxylation is 1. The highest BCUT2D eigenvalue weighted by atomic mass is 32.2. The number of hydrogen-bond donors (Lipinski definition) is 1. The molecule has 2 aliphatic rings. The minimum atomic E-state index is -3.63. The fraction of sp³-hybridized carbons (Fsp3) is 0.480. The summed E-state index contributed by atoms with van der Waals surface area (Å²) in [5.41, 5.74) is 1.92. The van der Waals surface area contributed by atoms with Crippen LogP contribution in [-0.2, 0) is 31.3 Å². The smallest absolute Gasteiger partial charge is 0.243 e. The first kappa shape index (κ1) is 25.8. The minimum absolute atomic E-state index is 0.151. The van der Waals surface area contributed by atoms with Crippen molar-refractivity contribution in [2.75, 3.05) is 32.7 Å². The zero-order valence-corrected chi connectivity index (χ0v) is 21.7. The molecule has 0 bridgehead atoms. The Balaban J connectivity index is 1.29. The van der Waals surface area contributed by atoms with E-state index in [-0.39, 0.29) is 17.3 Å². The van der Waals surface area contributed by atoms with Crippen LogP contribution in [-0.4, -0.2) is 64.1 Å². The largest absolute Gasteiger partial charge is 0.355 e. The third-order valence-electron chi connectivity index (χ3n) is 6.75. The van der Waals surface area contributed by atoms with Crippen molar-refractivity contribution in [3.05, 3.63) is 59.7 Å². The molecule has 1 unspecified atom stereocenters. The Morgan fingerprint density at radius 2 is 1.37 bits per heavy atom. The van der Waals surface area contributed by atoms with Gasteiger partial charge >= 0.3 is 0 Å². The predicted octanol–water partition coefficient (Wildman–Crippen LogP) is 2.54. The zero-order valence-electron chi connectivity index (χ0n) is 20.0. The van der Waals surface area contributed by atoms with Gasteiger partial charge in [0.25, 0.3) is 0 Å². The third kappa shape index (κ3) is 5.94. The number of carbonyl (C=O) groups excluding carboxylic acids is 1. The van der Waals surface area contributed by atoms with E-state index in [1.807, 2.05) is 6.92 Å². The van der Waals surface area contributed by atoms with Crippen molar-refractivity contribution in [2.24, 2.45) is 5.92 Å². The molecule has 2 heterocycles. The second-order valence-corrected chi connectivity index (χ2v) is 13.2. The second kappa shape index (κ2) is 10.8. The van der Waals surface area contributed by atoms with E-state index in [9.17, 15) is 21.6 Å². The van der Waals surface area contributed by atoms with Gasteiger partial charge in [0.1, 0.15) is 0 Å². The van der Waals surface area contributed by atoms with Crippen LogP contribution in [0.15, 0.2) is 58.3 Å². The summed E-state index contributed by atoms with van der Waals surface area (Å²) in [4.78, 5) is 13.3. The van der Waals surface area contributed by atoms with Crippen molar-refractivity contribution >= 4 is 26.0 Å². The van der Waals surface area contributed by atoms with Crippen LogP contribution in [0.25, 0.3) is 0 Å². The lowest BCUT2D eigenvalue weighted by molar-refractivity contribution is -0.126. The first-order valence-corrected chi connectivity index (χ1v) is 15.0. The van der Waals surface area contributed by atoms with Gasteiger partial charge in [-0.05, 0) is 68.9 Å². The van der Waals surface area contributed by atoms with Gasteiger partial charge in [-0.3, -0.25) is 4.79 Å². The van der Waals surface area contributed by atoms with E-state index in [2.05, 4.69) is 5.32 Å². The molecular weight excluding hydrogens is 486 g/mol. The Kier molecular flexibility index (Phi) is 7.95. The molecular formula is C25H33N3O5S2.